The zero-order valence-corrected chi connectivity index (χ0v) is 18.5. The number of halogens is 1. The monoisotopic (exact) mass is 424 g/mol. The van der Waals surface area contributed by atoms with Gasteiger partial charge in [-0.05, 0) is 57.6 Å². The first-order valence-electron chi connectivity index (χ1n) is 10.9. The van der Waals surface area contributed by atoms with Gasteiger partial charge in [0.2, 0.25) is 0 Å². The second kappa shape index (κ2) is 8.17. The van der Waals surface area contributed by atoms with Gasteiger partial charge in [0.05, 0.1) is 22.5 Å². The number of nitrogens with zero attached hydrogens (tertiary/aromatic N) is 6. The lowest BCUT2D eigenvalue weighted by Crippen LogP contribution is -2.45. The first-order valence-corrected chi connectivity index (χ1v) is 11.2. The molecule has 0 amide bonds. The second-order valence-corrected chi connectivity index (χ2v) is 8.92. The number of imidazole rings is 1. The third kappa shape index (κ3) is 3.57. The van der Waals surface area contributed by atoms with E-state index >= 15 is 0 Å². The molecular formula is C23H29ClN6. The van der Waals surface area contributed by atoms with Gasteiger partial charge in [-0.1, -0.05) is 17.7 Å². The molecule has 0 spiro atoms. The number of rotatable bonds is 4. The summed E-state index contributed by atoms with van der Waals surface area (Å²) in [5.74, 6) is 1.25. The van der Waals surface area contributed by atoms with Crippen LogP contribution < -0.4 is 4.90 Å². The second-order valence-electron chi connectivity index (χ2n) is 8.51. The van der Waals surface area contributed by atoms with Crippen LogP contribution in [0, 0.1) is 6.92 Å². The van der Waals surface area contributed by atoms with Crippen LogP contribution in [0.3, 0.4) is 0 Å². The van der Waals surface area contributed by atoms with Gasteiger partial charge in [0.15, 0.2) is 0 Å². The van der Waals surface area contributed by atoms with Crippen molar-refractivity contribution in [2.75, 3.05) is 44.7 Å². The maximum absolute atomic E-state index is 6.47. The molecule has 30 heavy (non-hydrogen) atoms. The molecule has 2 fully saturated rings. The molecular weight excluding hydrogens is 396 g/mol. The fraction of sp³-hybridized carbons (Fsp3) is 0.478. The van der Waals surface area contributed by atoms with Crippen LogP contribution in [0.2, 0.25) is 5.02 Å². The number of likely N-dealkylation sites (N-methyl/N-ethyl adjacent to an activating group) is 1. The Balaban J connectivity index is 1.45. The van der Waals surface area contributed by atoms with Crippen LogP contribution in [0.25, 0.3) is 5.65 Å². The molecule has 0 bridgehead atoms. The number of likely N-dealkylation sites (tertiary alicyclic amines) is 1. The number of aryl methyl sites for hydroxylation is 1. The molecule has 2 aliphatic heterocycles. The quantitative estimate of drug-likeness (QED) is 0.637. The Kier molecular flexibility index (Phi) is 5.39. The van der Waals surface area contributed by atoms with E-state index in [0.29, 0.717) is 0 Å². The lowest BCUT2D eigenvalue weighted by molar-refractivity contribution is 0.241. The SMILES string of the molecule is Cc1c(CN2CCCC2c2ncccc2Cl)nc2cccc(N3CCN(C)CC3)n12. The van der Waals surface area contributed by atoms with Crippen LogP contribution in [0.15, 0.2) is 36.5 Å². The van der Waals surface area contributed by atoms with Crippen LogP contribution in [0.1, 0.15) is 36.0 Å². The van der Waals surface area contributed by atoms with Crippen molar-refractivity contribution in [1.82, 2.24) is 24.2 Å². The Bertz CT molecular complexity index is 1040. The summed E-state index contributed by atoms with van der Waals surface area (Å²) in [7, 11) is 2.19. The summed E-state index contributed by atoms with van der Waals surface area (Å²) in [5.41, 5.74) is 4.41. The van der Waals surface area contributed by atoms with Gasteiger partial charge in [-0.25, -0.2) is 4.98 Å². The average molecular weight is 425 g/mol. The largest absolute Gasteiger partial charge is 0.355 e. The summed E-state index contributed by atoms with van der Waals surface area (Å²) < 4.78 is 2.33. The predicted molar refractivity (Wildman–Crippen MR) is 121 cm³/mol. The molecule has 0 saturated carbocycles. The smallest absolute Gasteiger partial charge is 0.138 e. The number of aromatic nitrogens is 3. The summed E-state index contributed by atoms with van der Waals surface area (Å²) in [6, 6.07) is 10.6. The van der Waals surface area contributed by atoms with E-state index in [2.05, 4.69) is 56.3 Å². The van der Waals surface area contributed by atoms with Crippen LogP contribution in [-0.2, 0) is 6.54 Å². The molecule has 5 heterocycles. The predicted octanol–water partition coefficient (Wildman–Crippen LogP) is 3.78. The summed E-state index contributed by atoms with van der Waals surface area (Å²) in [5, 5.41) is 0.762. The van der Waals surface area contributed by atoms with Crippen molar-refractivity contribution in [2.24, 2.45) is 0 Å². The topological polar surface area (TPSA) is 39.9 Å². The van der Waals surface area contributed by atoms with Crippen molar-refractivity contribution in [1.29, 1.82) is 0 Å². The minimum atomic E-state index is 0.264. The van der Waals surface area contributed by atoms with E-state index in [1.807, 2.05) is 18.3 Å². The molecule has 0 aromatic carbocycles. The standard InChI is InChI=1S/C23H29ClN6/c1-17-19(16-29-11-5-7-20(29)23-18(24)6-4-10-25-23)26-21-8-3-9-22(30(17)21)28-14-12-27(2)13-15-28/h3-4,6,8-10,20H,5,7,11-16H2,1-2H3. The van der Waals surface area contributed by atoms with Crippen molar-refractivity contribution in [3.63, 3.8) is 0 Å². The van der Waals surface area contributed by atoms with Crippen molar-refractivity contribution in [3.8, 4) is 0 Å². The van der Waals surface area contributed by atoms with Crippen LogP contribution in [0.5, 0.6) is 0 Å². The molecule has 0 radical (unpaired) electrons. The molecule has 3 aromatic heterocycles. The number of pyridine rings is 2. The van der Waals surface area contributed by atoms with Gasteiger partial charge < -0.3 is 9.80 Å². The lowest BCUT2D eigenvalue weighted by Gasteiger charge is -2.34. The number of hydrogen-bond acceptors (Lipinski definition) is 5. The Labute approximate surface area is 183 Å². The lowest BCUT2D eigenvalue weighted by atomic mass is 10.1. The Morgan fingerprint density at radius 1 is 1.07 bits per heavy atom. The Hall–Kier alpha value is -2.15. The Morgan fingerprint density at radius 2 is 1.90 bits per heavy atom. The van der Waals surface area contributed by atoms with E-state index in [4.69, 9.17) is 16.6 Å². The number of fused-ring (bicyclic) bond motifs is 1. The van der Waals surface area contributed by atoms with Crippen molar-refractivity contribution in [2.45, 2.75) is 32.4 Å². The van der Waals surface area contributed by atoms with E-state index in [-0.39, 0.29) is 6.04 Å². The van der Waals surface area contributed by atoms with Gasteiger partial charge in [-0.2, -0.15) is 0 Å². The molecule has 6 nitrogen and oxygen atoms in total. The van der Waals surface area contributed by atoms with Gasteiger partial charge in [-0.15, -0.1) is 0 Å². The number of piperazine rings is 1. The third-order valence-corrected chi connectivity index (χ3v) is 6.92. The zero-order valence-electron chi connectivity index (χ0n) is 17.8. The maximum Gasteiger partial charge on any atom is 0.138 e. The highest BCUT2D eigenvalue weighted by Crippen LogP contribution is 2.36. The van der Waals surface area contributed by atoms with E-state index in [9.17, 15) is 0 Å². The van der Waals surface area contributed by atoms with E-state index in [0.717, 1.165) is 74.2 Å². The first kappa shape index (κ1) is 19.8. The van der Waals surface area contributed by atoms with Gasteiger partial charge in [0, 0.05) is 44.6 Å². The number of hydrogen-bond donors (Lipinski definition) is 0. The minimum Gasteiger partial charge on any atom is -0.355 e. The van der Waals surface area contributed by atoms with Crippen LogP contribution in [0.4, 0.5) is 5.82 Å². The maximum atomic E-state index is 6.47. The third-order valence-electron chi connectivity index (χ3n) is 6.60. The highest BCUT2D eigenvalue weighted by Gasteiger charge is 2.30. The van der Waals surface area contributed by atoms with Crippen LogP contribution >= 0.6 is 11.6 Å². The zero-order chi connectivity index (χ0) is 20.7. The molecule has 2 aliphatic rings. The van der Waals surface area contributed by atoms with Crippen molar-refractivity contribution < 1.29 is 0 Å². The molecule has 1 atom stereocenters. The highest BCUT2D eigenvalue weighted by atomic mass is 35.5. The highest BCUT2D eigenvalue weighted by molar-refractivity contribution is 6.31. The summed E-state index contributed by atoms with van der Waals surface area (Å²) in [6.45, 7) is 8.37. The van der Waals surface area contributed by atoms with Gasteiger partial charge in [0.1, 0.15) is 11.5 Å². The molecule has 0 aliphatic carbocycles. The number of anilines is 1. The summed E-state index contributed by atoms with van der Waals surface area (Å²) in [6.07, 6.45) is 4.10. The molecule has 7 heteroatoms. The summed E-state index contributed by atoms with van der Waals surface area (Å²) in [4.78, 5) is 17.0. The van der Waals surface area contributed by atoms with E-state index in [1.54, 1.807) is 0 Å². The van der Waals surface area contributed by atoms with Gasteiger partial charge >= 0.3 is 0 Å². The van der Waals surface area contributed by atoms with Crippen LogP contribution in [-0.4, -0.2) is 63.9 Å². The summed E-state index contributed by atoms with van der Waals surface area (Å²) >= 11 is 6.47. The average Bonchev–Trinajstić information content (AvgIpc) is 3.34. The molecule has 158 valence electrons. The van der Waals surface area contributed by atoms with E-state index < -0.39 is 0 Å². The molecule has 1 unspecified atom stereocenters. The molecule has 5 rings (SSSR count). The minimum absolute atomic E-state index is 0.264. The fourth-order valence-corrected chi connectivity index (χ4v) is 5.11. The van der Waals surface area contributed by atoms with E-state index in [1.165, 1.54) is 11.5 Å². The Morgan fingerprint density at radius 3 is 2.70 bits per heavy atom. The first-order chi connectivity index (χ1) is 14.6. The normalized spacial score (nSPS) is 21.0. The van der Waals surface area contributed by atoms with Crippen molar-refractivity contribution >= 4 is 23.1 Å². The molecule has 3 aromatic rings. The van der Waals surface area contributed by atoms with Crippen molar-refractivity contribution in [3.05, 3.63) is 58.6 Å². The van der Waals surface area contributed by atoms with Gasteiger partial charge in [0.25, 0.3) is 0 Å². The fourth-order valence-electron chi connectivity index (χ4n) is 4.86. The molecule has 0 N–H and O–H groups in total. The van der Waals surface area contributed by atoms with Gasteiger partial charge in [-0.3, -0.25) is 14.3 Å². The molecule has 2 saturated heterocycles.